The van der Waals surface area contributed by atoms with Crippen LogP contribution in [0.2, 0.25) is 20.1 Å². The number of hydrogen-bond donors (Lipinski definition) is 2. The fraction of sp³-hybridized carbons (Fsp3) is 0.143. The molecule has 0 unspecified atom stereocenters. The van der Waals surface area contributed by atoms with E-state index in [-0.39, 0.29) is 43.0 Å². The molecule has 0 amide bonds. The molecule has 0 saturated carbocycles. The molecule has 0 heterocycles. The van der Waals surface area contributed by atoms with Gasteiger partial charge in [-0.1, -0.05) is 58.5 Å². The Labute approximate surface area is 171 Å². The number of benzene rings is 2. The van der Waals surface area contributed by atoms with Gasteiger partial charge in [-0.2, -0.15) is 0 Å². The summed E-state index contributed by atoms with van der Waals surface area (Å²) in [6.45, 7) is -0.490. The largest absolute Gasteiger partial charge is 0.243 e. The second kappa shape index (κ2) is 8.62. The van der Waals surface area contributed by atoms with E-state index in [1.165, 1.54) is 36.4 Å². The normalized spacial score (nSPS) is 12.3. The number of hydrogen-bond acceptors (Lipinski definition) is 4. The van der Waals surface area contributed by atoms with E-state index in [2.05, 4.69) is 9.44 Å². The Hall–Kier alpha value is -0.580. The highest BCUT2D eigenvalue weighted by molar-refractivity contribution is 7.90. The molecule has 2 aromatic rings. The Morgan fingerprint density at radius 3 is 1.15 bits per heavy atom. The predicted octanol–water partition coefficient (Wildman–Crippen LogP) is 3.56. The summed E-state index contributed by atoms with van der Waals surface area (Å²) >= 11 is 23.5. The molecular formula is C14H12Cl4N2O4S2. The SMILES string of the molecule is O=S(=O)(NCCNS(=O)(=O)c1c(Cl)cccc1Cl)c1c(Cl)cccc1Cl. The molecule has 0 aliphatic heterocycles. The summed E-state index contributed by atoms with van der Waals surface area (Å²) in [5, 5.41) is -0.191. The molecule has 26 heavy (non-hydrogen) atoms. The molecule has 0 atom stereocenters. The van der Waals surface area contributed by atoms with Gasteiger partial charge in [0.25, 0.3) is 0 Å². The fourth-order valence-corrected chi connectivity index (χ4v) is 6.34. The van der Waals surface area contributed by atoms with Crippen LogP contribution in [0.4, 0.5) is 0 Å². The van der Waals surface area contributed by atoms with Crippen molar-refractivity contribution in [3.63, 3.8) is 0 Å². The van der Waals surface area contributed by atoms with E-state index >= 15 is 0 Å². The summed E-state index contributed by atoms with van der Waals surface area (Å²) in [4.78, 5) is -0.555. The lowest BCUT2D eigenvalue weighted by molar-refractivity contribution is 0.570. The van der Waals surface area contributed by atoms with Gasteiger partial charge in [0, 0.05) is 13.1 Å². The van der Waals surface area contributed by atoms with E-state index in [0.29, 0.717) is 0 Å². The third-order valence-corrected chi connectivity index (χ3v) is 7.92. The number of rotatable bonds is 7. The lowest BCUT2D eigenvalue weighted by Crippen LogP contribution is -2.35. The fourth-order valence-electron chi connectivity index (χ4n) is 1.99. The standard InChI is InChI=1S/C14H12Cl4N2O4S2/c15-9-3-1-4-10(16)13(9)25(21,22)19-7-8-20-26(23,24)14-11(17)5-2-6-12(14)18/h1-6,19-20H,7-8H2. The lowest BCUT2D eigenvalue weighted by atomic mass is 10.4. The van der Waals surface area contributed by atoms with Crippen molar-refractivity contribution in [2.45, 2.75) is 9.79 Å². The highest BCUT2D eigenvalue weighted by Crippen LogP contribution is 2.29. The van der Waals surface area contributed by atoms with Gasteiger partial charge in [0.05, 0.1) is 20.1 Å². The zero-order valence-electron chi connectivity index (χ0n) is 12.8. The van der Waals surface area contributed by atoms with Crippen molar-refractivity contribution in [1.29, 1.82) is 0 Å². The molecular weight excluding hydrogens is 466 g/mol. The van der Waals surface area contributed by atoms with E-state index in [1.54, 1.807) is 0 Å². The molecule has 12 heteroatoms. The summed E-state index contributed by atoms with van der Waals surface area (Å²) in [5.74, 6) is 0. The maximum atomic E-state index is 12.3. The van der Waals surface area contributed by atoms with Crippen LogP contribution in [0.25, 0.3) is 0 Å². The monoisotopic (exact) mass is 476 g/mol. The molecule has 142 valence electrons. The predicted molar refractivity (Wildman–Crippen MR) is 103 cm³/mol. The summed E-state index contributed by atoms with van der Waals surface area (Å²) in [5.41, 5.74) is 0. The van der Waals surface area contributed by atoms with Crippen molar-refractivity contribution >= 4 is 66.5 Å². The topological polar surface area (TPSA) is 92.3 Å². The molecule has 0 aliphatic rings. The van der Waals surface area contributed by atoms with Gasteiger partial charge in [-0.25, -0.2) is 26.3 Å². The molecule has 0 bridgehead atoms. The van der Waals surface area contributed by atoms with E-state index < -0.39 is 20.0 Å². The van der Waals surface area contributed by atoms with Crippen molar-refractivity contribution < 1.29 is 16.8 Å². The Kier molecular flexibility index (Phi) is 7.20. The Bertz CT molecular complexity index is 903. The second-order valence-corrected chi connectivity index (χ2v) is 9.93. The summed E-state index contributed by atoms with van der Waals surface area (Å²) in [6, 6.07) is 8.53. The van der Waals surface area contributed by atoms with Crippen molar-refractivity contribution in [2.24, 2.45) is 0 Å². The quantitative estimate of drug-likeness (QED) is 0.596. The zero-order valence-corrected chi connectivity index (χ0v) is 17.5. The third-order valence-electron chi connectivity index (χ3n) is 3.08. The maximum absolute atomic E-state index is 12.3. The van der Waals surface area contributed by atoms with Gasteiger partial charge in [0.15, 0.2) is 0 Å². The van der Waals surface area contributed by atoms with Gasteiger partial charge in [-0.05, 0) is 24.3 Å². The minimum Gasteiger partial charge on any atom is -0.210 e. The van der Waals surface area contributed by atoms with Gasteiger partial charge < -0.3 is 0 Å². The molecule has 2 rings (SSSR count). The van der Waals surface area contributed by atoms with Crippen LogP contribution in [-0.4, -0.2) is 29.9 Å². The molecule has 0 aliphatic carbocycles. The molecule has 2 N–H and O–H groups in total. The highest BCUT2D eigenvalue weighted by atomic mass is 35.5. The van der Waals surface area contributed by atoms with E-state index in [4.69, 9.17) is 46.4 Å². The third kappa shape index (κ3) is 5.02. The number of sulfonamides is 2. The highest BCUT2D eigenvalue weighted by Gasteiger charge is 2.23. The molecule has 0 spiro atoms. The first-order valence-electron chi connectivity index (χ1n) is 6.93. The van der Waals surface area contributed by atoms with Crippen molar-refractivity contribution in [1.82, 2.24) is 9.44 Å². The van der Waals surface area contributed by atoms with Crippen molar-refractivity contribution in [3.8, 4) is 0 Å². The molecule has 0 aromatic heterocycles. The van der Waals surface area contributed by atoms with E-state index in [9.17, 15) is 16.8 Å². The van der Waals surface area contributed by atoms with Gasteiger partial charge in [-0.3, -0.25) is 0 Å². The zero-order chi connectivity index (χ0) is 19.5. The summed E-state index contributed by atoms with van der Waals surface area (Å²) in [7, 11) is -8.04. The summed E-state index contributed by atoms with van der Waals surface area (Å²) in [6.07, 6.45) is 0. The Morgan fingerprint density at radius 1 is 0.615 bits per heavy atom. The summed E-state index contributed by atoms with van der Waals surface area (Å²) < 4.78 is 53.5. The molecule has 0 fully saturated rings. The van der Waals surface area contributed by atoms with Crippen molar-refractivity contribution in [2.75, 3.05) is 13.1 Å². The Balaban J connectivity index is 2.07. The van der Waals surface area contributed by atoms with Gasteiger partial charge >= 0.3 is 0 Å². The average molecular weight is 478 g/mol. The van der Waals surface area contributed by atoms with Crippen LogP contribution in [0.1, 0.15) is 0 Å². The number of nitrogens with one attached hydrogen (secondary N) is 2. The van der Waals surface area contributed by atoms with Crippen LogP contribution >= 0.6 is 46.4 Å². The number of halogens is 4. The van der Waals surface area contributed by atoms with Crippen LogP contribution in [0.5, 0.6) is 0 Å². The molecule has 0 saturated heterocycles. The van der Waals surface area contributed by atoms with Crippen molar-refractivity contribution in [3.05, 3.63) is 56.5 Å². The van der Waals surface area contributed by atoms with E-state index in [0.717, 1.165) is 0 Å². The van der Waals surface area contributed by atoms with Crippen LogP contribution in [0, 0.1) is 0 Å². The van der Waals surface area contributed by atoms with Crippen LogP contribution in [-0.2, 0) is 20.0 Å². The smallest absolute Gasteiger partial charge is 0.210 e. The van der Waals surface area contributed by atoms with Crippen LogP contribution in [0.15, 0.2) is 46.2 Å². The first-order valence-corrected chi connectivity index (χ1v) is 11.4. The Morgan fingerprint density at radius 2 is 0.885 bits per heavy atom. The maximum Gasteiger partial charge on any atom is 0.243 e. The molecule has 6 nitrogen and oxygen atoms in total. The lowest BCUT2D eigenvalue weighted by Gasteiger charge is -2.12. The minimum absolute atomic E-state index is 0.0478. The van der Waals surface area contributed by atoms with Crippen LogP contribution in [0.3, 0.4) is 0 Å². The van der Waals surface area contributed by atoms with Crippen LogP contribution < -0.4 is 9.44 Å². The minimum atomic E-state index is -4.02. The van der Waals surface area contributed by atoms with Gasteiger partial charge in [0.1, 0.15) is 9.79 Å². The molecule has 0 radical (unpaired) electrons. The molecule has 2 aromatic carbocycles. The first-order chi connectivity index (χ1) is 12.1. The average Bonchev–Trinajstić information content (AvgIpc) is 2.51. The first kappa shape index (κ1) is 21.7. The van der Waals surface area contributed by atoms with Gasteiger partial charge in [-0.15, -0.1) is 0 Å². The van der Waals surface area contributed by atoms with Gasteiger partial charge in [0.2, 0.25) is 20.0 Å². The van der Waals surface area contributed by atoms with E-state index in [1.807, 2.05) is 0 Å². The second-order valence-electron chi connectivity index (χ2n) is 4.90.